The Balaban J connectivity index is 2.78. The number of nitrogens with one attached hydrogen (secondary N) is 2. The van der Waals surface area contributed by atoms with Gasteiger partial charge in [-0.25, -0.2) is 10.9 Å². The second-order valence-corrected chi connectivity index (χ2v) is 2.67. The Morgan fingerprint density at radius 2 is 2.53 bits per heavy atom. The summed E-state index contributed by atoms with van der Waals surface area (Å²) in [7, 11) is 1.59. The minimum atomic E-state index is -0.271. The maximum Gasteiger partial charge on any atom is 0.264 e. The van der Waals surface area contributed by atoms with E-state index in [2.05, 4.69) is 20.6 Å². The van der Waals surface area contributed by atoms with Gasteiger partial charge in [-0.05, 0) is 6.07 Å². The van der Waals surface area contributed by atoms with Gasteiger partial charge in [0.05, 0.1) is 13.2 Å². The maximum absolute atomic E-state index is 10.8. The van der Waals surface area contributed by atoms with Crippen molar-refractivity contribution in [1.29, 1.82) is 0 Å². The average molecular weight is 211 g/mol. The molecule has 0 aliphatic carbocycles. The first-order chi connectivity index (χ1) is 7.27. The second-order valence-electron chi connectivity index (χ2n) is 2.67. The van der Waals surface area contributed by atoms with Gasteiger partial charge < -0.3 is 10.2 Å². The van der Waals surface area contributed by atoms with Crippen molar-refractivity contribution in [2.24, 2.45) is 10.8 Å². The van der Waals surface area contributed by atoms with Crippen LogP contribution >= 0.6 is 0 Å². The van der Waals surface area contributed by atoms with E-state index in [0.29, 0.717) is 24.7 Å². The molecule has 0 aliphatic rings. The summed E-state index contributed by atoms with van der Waals surface area (Å²) >= 11 is 0. The van der Waals surface area contributed by atoms with E-state index < -0.39 is 0 Å². The topological polar surface area (TPSA) is 105 Å². The highest BCUT2D eigenvalue weighted by atomic mass is 16.5. The highest BCUT2D eigenvalue weighted by Gasteiger charge is 2.02. The lowest BCUT2D eigenvalue weighted by Crippen LogP contribution is -2.33. The van der Waals surface area contributed by atoms with Crippen LogP contribution in [0.3, 0.4) is 0 Å². The van der Waals surface area contributed by atoms with Gasteiger partial charge in [0.25, 0.3) is 5.56 Å². The minimum absolute atomic E-state index is 0.271. The number of aromatic amines is 1. The normalized spacial score (nSPS) is 11.5. The number of aromatic nitrogens is 2. The predicted octanol–water partition coefficient (Wildman–Crippen LogP) is -1.37. The zero-order valence-electron chi connectivity index (χ0n) is 8.36. The summed E-state index contributed by atoms with van der Waals surface area (Å²) in [6, 6.07) is 2.88. The fourth-order valence-corrected chi connectivity index (χ4v) is 0.926. The van der Waals surface area contributed by atoms with Crippen LogP contribution in [0.15, 0.2) is 21.9 Å². The number of amidine groups is 1. The second kappa shape index (κ2) is 5.89. The summed E-state index contributed by atoms with van der Waals surface area (Å²) < 4.78 is 4.84. The summed E-state index contributed by atoms with van der Waals surface area (Å²) in [5.74, 6) is 5.68. The number of hydrogen-bond donors (Lipinski definition) is 3. The zero-order valence-corrected chi connectivity index (χ0v) is 8.36. The van der Waals surface area contributed by atoms with Crippen LogP contribution < -0.4 is 16.8 Å². The van der Waals surface area contributed by atoms with Crippen molar-refractivity contribution in [3.63, 3.8) is 0 Å². The Labute approximate surface area is 86.3 Å². The zero-order chi connectivity index (χ0) is 11.1. The van der Waals surface area contributed by atoms with Crippen LogP contribution in [0.5, 0.6) is 0 Å². The molecule has 7 heteroatoms. The van der Waals surface area contributed by atoms with Crippen LogP contribution in [0.4, 0.5) is 0 Å². The van der Waals surface area contributed by atoms with Crippen LogP contribution in [0.2, 0.25) is 0 Å². The molecule has 0 saturated carbocycles. The van der Waals surface area contributed by atoms with Crippen LogP contribution in [-0.4, -0.2) is 36.3 Å². The third-order valence-electron chi connectivity index (χ3n) is 1.62. The van der Waals surface area contributed by atoms with Crippen LogP contribution in [0.25, 0.3) is 0 Å². The summed E-state index contributed by atoms with van der Waals surface area (Å²) in [5.41, 5.74) is 2.62. The molecule has 0 fully saturated rings. The summed E-state index contributed by atoms with van der Waals surface area (Å²) in [5, 5.41) is 6.07. The van der Waals surface area contributed by atoms with Crippen molar-refractivity contribution in [2.45, 2.75) is 0 Å². The number of ether oxygens (including phenoxy) is 1. The Morgan fingerprint density at radius 3 is 3.07 bits per heavy atom. The molecule has 0 aromatic carbocycles. The smallest absolute Gasteiger partial charge is 0.264 e. The molecular formula is C8H13N5O2. The summed E-state index contributed by atoms with van der Waals surface area (Å²) in [4.78, 5) is 14.9. The lowest BCUT2D eigenvalue weighted by molar-refractivity contribution is 0.208. The molecule has 0 unspecified atom stereocenters. The van der Waals surface area contributed by atoms with Gasteiger partial charge in [0.2, 0.25) is 0 Å². The van der Waals surface area contributed by atoms with Gasteiger partial charge in [-0.1, -0.05) is 0 Å². The number of aliphatic imine (C=N–C) groups is 1. The standard InChI is InChI=1S/C8H13N5O2/c1-15-5-4-10-8(11-9)6-2-3-7(14)13-12-6/h2-3H,4-5,9H2,1H3,(H,10,11)(H,13,14). The number of hydrogen-bond acceptors (Lipinski definition) is 5. The molecule has 82 valence electrons. The largest absolute Gasteiger partial charge is 0.383 e. The molecule has 4 N–H and O–H groups in total. The molecule has 0 atom stereocenters. The molecule has 0 saturated heterocycles. The fraction of sp³-hybridized carbons (Fsp3) is 0.375. The van der Waals surface area contributed by atoms with Gasteiger partial charge in [0.15, 0.2) is 5.84 Å². The lowest BCUT2D eigenvalue weighted by atomic mass is 10.3. The molecular weight excluding hydrogens is 198 g/mol. The summed E-state index contributed by atoms with van der Waals surface area (Å²) in [6.45, 7) is 0.964. The number of hydrazine groups is 1. The molecule has 1 rings (SSSR count). The van der Waals surface area contributed by atoms with Gasteiger partial charge in [-0.2, -0.15) is 5.10 Å². The first-order valence-corrected chi connectivity index (χ1v) is 4.34. The molecule has 1 heterocycles. The van der Waals surface area contributed by atoms with E-state index >= 15 is 0 Å². The van der Waals surface area contributed by atoms with E-state index in [-0.39, 0.29) is 5.56 Å². The lowest BCUT2D eigenvalue weighted by Gasteiger charge is -2.03. The van der Waals surface area contributed by atoms with Gasteiger partial charge in [0.1, 0.15) is 5.69 Å². The highest BCUT2D eigenvalue weighted by Crippen LogP contribution is 1.90. The van der Waals surface area contributed by atoms with E-state index in [0.717, 1.165) is 0 Å². The third kappa shape index (κ3) is 3.49. The number of methoxy groups -OCH3 is 1. The van der Waals surface area contributed by atoms with Gasteiger partial charge in [-0.15, -0.1) is 0 Å². The molecule has 0 radical (unpaired) electrons. The first-order valence-electron chi connectivity index (χ1n) is 4.34. The third-order valence-corrected chi connectivity index (χ3v) is 1.62. The SMILES string of the molecule is COCCN=C(NN)c1ccc(=O)[nH]n1. The molecule has 1 aromatic heterocycles. The van der Waals surface area contributed by atoms with E-state index in [9.17, 15) is 4.79 Å². The van der Waals surface area contributed by atoms with Crippen molar-refractivity contribution in [2.75, 3.05) is 20.3 Å². The number of nitrogens with zero attached hydrogens (tertiary/aromatic N) is 2. The number of rotatable bonds is 4. The maximum atomic E-state index is 10.8. The quantitative estimate of drug-likeness (QED) is 0.187. The molecule has 0 bridgehead atoms. The Morgan fingerprint density at radius 1 is 1.73 bits per heavy atom. The van der Waals surface area contributed by atoms with Gasteiger partial charge >= 0.3 is 0 Å². The first kappa shape index (κ1) is 11.3. The monoisotopic (exact) mass is 211 g/mol. The van der Waals surface area contributed by atoms with Crippen molar-refractivity contribution in [1.82, 2.24) is 15.6 Å². The van der Waals surface area contributed by atoms with Crippen LogP contribution in [0, 0.1) is 0 Å². The van der Waals surface area contributed by atoms with E-state index in [4.69, 9.17) is 10.6 Å². The molecule has 15 heavy (non-hydrogen) atoms. The van der Waals surface area contributed by atoms with E-state index in [1.807, 2.05) is 0 Å². The minimum Gasteiger partial charge on any atom is -0.383 e. The average Bonchev–Trinajstić information content (AvgIpc) is 2.26. The van der Waals surface area contributed by atoms with E-state index in [1.54, 1.807) is 7.11 Å². The van der Waals surface area contributed by atoms with Crippen molar-refractivity contribution in [3.05, 3.63) is 28.2 Å². The Kier molecular flexibility index (Phi) is 4.45. The molecule has 7 nitrogen and oxygen atoms in total. The van der Waals surface area contributed by atoms with Gasteiger partial charge in [-0.3, -0.25) is 9.79 Å². The van der Waals surface area contributed by atoms with Crippen molar-refractivity contribution >= 4 is 5.84 Å². The van der Waals surface area contributed by atoms with E-state index in [1.165, 1.54) is 12.1 Å². The van der Waals surface area contributed by atoms with Crippen molar-refractivity contribution in [3.8, 4) is 0 Å². The highest BCUT2D eigenvalue weighted by molar-refractivity contribution is 5.96. The number of nitrogens with two attached hydrogens (primary N) is 1. The number of H-pyrrole nitrogens is 1. The Bertz CT molecular complexity index is 366. The van der Waals surface area contributed by atoms with Crippen molar-refractivity contribution < 1.29 is 4.74 Å². The molecule has 0 amide bonds. The van der Waals surface area contributed by atoms with Crippen LogP contribution in [-0.2, 0) is 4.74 Å². The fourth-order valence-electron chi connectivity index (χ4n) is 0.926. The molecule has 0 aliphatic heterocycles. The summed E-state index contributed by atoms with van der Waals surface area (Å²) in [6.07, 6.45) is 0. The molecule has 0 spiro atoms. The van der Waals surface area contributed by atoms with Crippen LogP contribution in [0.1, 0.15) is 5.69 Å². The Hall–Kier alpha value is -1.73. The predicted molar refractivity (Wildman–Crippen MR) is 55.5 cm³/mol. The molecule has 1 aromatic rings. The van der Waals surface area contributed by atoms with Gasteiger partial charge in [0, 0.05) is 13.2 Å².